The number of alkyl halides is 2. The molecule has 0 aliphatic heterocycles. The van der Waals surface area contributed by atoms with Gasteiger partial charge in [-0.05, 0) is 54.8 Å². The third kappa shape index (κ3) is 3.54. The maximum absolute atomic E-state index is 13.4. The van der Waals surface area contributed by atoms with Crippen LogP contribution >= 0.6 is 11.3 Å². The third-order valence-corrected chi connectivity index (χ3v) is 5.18. The van der Waals surface area contributed by atoms with Crippen LogP contribution in [0.15, 0.2) is 48.5 Å². The molecule has 0 saturated heterocycles. The molecule has 24 heavy (non-hydrogen) atoms. The molecule has 0 spiro atoms. The fraction of sp³-hybridized carbons (Fsp3) is 0.200. The van der Waals surface area contributed by atoms with Gasteiger partial charge in [0.2, 0.25) is 0 Å². The van der Waals surface area contributed by atoms with Gasteiger partial charge < -0.3 is 0 Å². The highest BCUT2D eigenvalue weighted by atomic mass is 32.1. The molecule has 0 amide bonds. The first-order valence-corrected chi connectivity index (χ1v) is 8.48. The number of thiophene rings is 1. The fourth-order valence-corrected chi connectivity index (χ4v) is 3.70. The van der Waals surface area contributed by atoms with Gasteiger partial charge in [-0.25, -0.2) is 13.2 Å². The van der Waals surface area contributed by atoms with Gasteiger partial charge in [-0.15, -0.1) is 11.3 Å². The van der Waals surface area contributed by atoms with Crippen molar-refractivity contribution in [2.45, 2.75) is 26.7 Å². The van der Waals surface area contributed by atoms with Gasteiger partial charge in [0.15, 0.2) is 0 Å². The van der Waals surface area contributed by atoms with Crippen molar-refractivity contribution in [3.05, 3.63) is 81.5 Å². The van der Waals surface area contributed by atoms with E-state index in [9.17, 15) is 13.2 Å². The standard InChI is InChI=1S/C20H17F3S/c1-12-3-4-13(2)15(9-12)10-16-6-8-19(24-16)14-5-7-18(21)17(11-14)20(22)23/h3-9,11,20H,10H2,1-2H3. The zero-order chi connectivity index (χ0) is 17.3. The Kier molecular flexibility index (Phi) is 4.76. The zero-order valence-corrected chi connectivity index (χ0v) is 14.3. The summed E-state index contributed by atoms with van der Waals surface area (Å²) in [4.78, 5) is 2.03. The average molecular weight is 346 g/mol. The number of rotatable bonds is 4. The molecule has 0 fully saturated rings. The van der Waals surface area contributed by atoms with Gasteiger partial charge in [-0.1, -0.05) is 29.8 Å². The van der Waals surface area contributed by atoms with Crippen molar-refractivity contribution >= 4 is 11.3 Å². The summed E-state index contributed by atoms with van der Waals surface area (Å²) in [6.45, 7) is 4.14. The molecule has 2 aromatic carbocycles. The Balaban J connectivity index is 1.88. The average Bonchev–Trinajstić information content (AvgIpc) is 2.99. The Bertz CT molecular complexity index is 865. The Hall–Kier alpha value is -2.07. The predicted molar refractivity (Wildman–Crippen MR) is 93.4 cm³/mol. The monoisotopic (exact) mass is 346 g/mol. The van der Waals surface area contributed by atoms with E-state index in [1.165, 1.54) is 22.8 Å². The van der Waals surface area contributed by atoms with Crippen LogP contribution in [0.2, 0.25) is 0 Å². The summed E-state index contributed by atoms with van der Waals surface area (Å²) >= 11 is 1.55. The lowest BCUT2D eigenvalue weighted by molar-refractivity contribution is 0.146. The van der Waals surface area contributed by atoms with Crippen molar-refractivity contribution in [3.63, 3.8) is 0 Å². The van der Waals surface area contributed by atoms with E-state index in [0.29, 0.717) is 5.56 Å². The number of hydrogen-bond acceptors (Lipinski definition) is 1. The van der Waals surface area contributed by atoms with Crippen LogP contribution in [0.5, 0.6) is 0 Å². The normalized spacial score (nSPS) is 11.2. The quantitative estimate of drug-likeness (QED) is 0.493. The molecule has 0 aliphatic carbocycles. The minimum absolute atomic E-state index is 0.544. The van der Waals surface area contributed by atoms with E-state index in [-0.39, 0.29) is 0 Å². The summed E-state index contributed by atoms with van der Waals surface area (Å²) in [6.07, 6.45) is -2.00. The Morgan fingerprint density at radius 3 is 2.50 bits per heavy atom. The molecule has 3 aromatic rings. The first-order chi connectivity index (χ1) is 11.4. The molecule has 124 valence electrons. The number of halogens is 3. The van der Waals surface area contributed by atoms with Gasteiger partial charge in [0, 0.05) is 16.2 Å². The predicted octanol–water partition coefficient (Wildman–Crippen LogP) is 6.70. The van der Waals surface area contributed by atoms with Crippen molar-refractivity contribution in [2.75, 3.05) is 0 Å². The van der Waals surface area contributed by atoms with E-state index < -0.39 is 17.8 Å². The van der Waals surface area contributed by atoms with Crippen LogP contribution in [0.4, 0.5) is 13.2 Å². The minimum Gasteiger partial charge on any atom is -0.206 e. The van der Waals surface area contributed by atoms with E-state index in [4.69, 9.17) is 0 Å². The SMILES string of the molecule is Cc1ccc(C)c(Cc2ccc(-c3ccc(F)c(C(F)F)c3)s2)c1. The molecule has 4 heteroatoms. The highest BCUT2D eigenvalue weighted by Crippen LogP contribution is 2.33. The summed E-state index contributed by atoms with van der Waals surface area (Å²) < 4.78 is 39.2. The lowest BCUT2D eigenvalue weighted by Gasteiger charge is -2.06. The molecule has 0 atom stereocenters. The number of hydrogen-bond donors (Lipinski definition) is 0. The topological polar surface area (TPSA) is 0 Å². The van der Waals surface area contributed by atoms with Crippen LogP contribution in [0.1, 0.15) is 33.6 Å². The largest absolute Gasteiger partial charge is 0.266 e. The lowest BCUT2D eigenvalue weighted by atomic mass is 10.0. The molecule has 0 unspecified atom stereocenters. The van der Waals surface area contributed by atoms with Crippen molar-refractivity contribution < 1.29 is 13.2 Å². The Morgan fingerprint density at radius 1 is 0.958 bits per heavy atom. The van der Waals surface area contributed by atoms with Crippen LogP contribution in [0.3, 0.4) is 0 Å². The van der Waals surface area contributed by atoms with Crippen molar-refractivity contribution in [1.29, 1.82) is 0 Å². The summed E-state index contributed by atoms with van der Waals surface area (Å²) in [7, 11) is 0. The zero-order valence-electron chi connectivity index (χ0n) is 13.4. The summed E-state index contributed by atoms with van der Waals surface area (Å²) in [5.41, 5.74) is 3.79. The molecule has 3 rings (SSSR count). The highest BCUT2D eigenvalue weighted by Gasteiger charge is 2.15. The second-order valence-corrected chi connectivity index (χ2v) is 7.08. The molecule has 0 saturated carbocycles. The van der Waals surface area contributed by atoms with E-state index in [1.807, 2.05) is 12.1 Å². The van der Waals surface area contributed by atoms with Gasteiger partial charge in [0.25, 0.3) is 6.43 Å². The van der Waals surface area contributed by atoms with Crippen LogP contribution in [-0.2, 0) is 6.42 Å². The molecule has 0 bridgehead atoms. The van der Waals surface area contributed by atoms with E-state index >= 15 is 0 Å². The van der Waals surface area contributed by atoms with E-state index in [2.05, 4.69) is 32.0 Å². The van der Waals surface area contributed by atoms with Crippen LogP contribution in [-0.4, -0.2) is 0 Å². The summed E-state index contributed by atoms with van der Waals surface area (Å²) in [6, 6.07) is 14.2. The van der Waals surface area contributed by atoms with Crippen LogP contribution in [0, 0.1) is 19.7 Å². The van der Waals surface area contributed by atoms with Gasteiger partial charge in [0.1, 0.15) is 5.82 Å². The first kappa shape index (κ1) is 16.8. The summed E-state index contributed by atoms with van der Waals surface area (Å²) in [5, 5.41) is 0. The molecule has 0 aliphatic rings. The minimum atomic E-state index is -2.81. The number of benzene rings is 2. The molecule has 1 aromatic heterocycles. The van der Waals surface area contributed by atoms with Crippen LogP contribution in [0.25, 0.3) is 10.4 Å². The van der Waals surface area contributed by atoms with E-state index in [0.717, 1.165) is 22.2 Å². The molecule has 0 nitrogen and oxygen atoms in total. The van der Waals surface area contributed by atoms with Gasteiger partial charge in [0.05, 0.1) is 5.56 Å². The molecule has 0 radical (unpaired) electrons. The molecule has 1 heterocycles. The van der Waals surface area contributed by atoms with Crippen molar-refractivity contribution in [1.82, 2.24) is 0 Å². The van der Waals surface area contributed by atoms with E-state index in [1.54, 1.807) is 17.4 Å². The maximum atomic E-state index is 13.4. The second kappa shape index (κ2) is 6.81. The van der Waals surface area contributed by atoms with Crippen molar-refractivity contribution in [3.8, 4) is 10.4 Å². The third-order valence-electron chi connectivity index (χ3n) is 4.05. The van der Waals surface area contributed by atoms with Gasteiger partial charge >= 0.3 is 0 Å². The smallest absolute Gasteiger partial charge is 0.206 e. The second-order valence-electron chi connectivity index (χ2n) is 5.91. The fourth-order valence-electron chi connectivity index (χ4n) is 2.67. The highest BCUT2D eigenvalue weighted by molar-refractivity contribution is 7.15. The molecular formula is C20H17F3S. The first-order valence-electron chi connectivity index (χ1n) is 7.67. The number of aryl methyl sites for hydroxylation is 2. The summed E-state index contributed by atoms with van der Waals surface area (Å²) in [5.74, 6) is -0.860. The van der Waals surface area contributed by atoms with Crippen molar-refractivity contribution in [2.24, 2.45) is 0 Å². The lowest BCUT2D eigenvalue weighted by Crippen LogP contribution is -1.91. The molecular weight excluding hydrogens is 329 g/mol. The van der Waals surface area contributed by atoms with Gasteiger partial charge in [-0.3, -0.25) is 0 Å². The Morgan fingerprint density at radius 2 is 1.75 bits per heavy atom. The molecule has 0 N–H and O–H groups in total. The Labute approximate surface area is 143 Å². The van der Waals surface area contributed by atoms with Crippen LogP contribution < -0.4 is 0 Å². The maximum Gasteiger partial charge on any atom is 0.266 e. The van der Waals surface area contributed by atoms with Gasteiger partial charge in [-0.2, -0.15) is 0 Å².